The smallest absolute Gasteiger partial charge is 0.106 e. The molecule has 0 bridgehead atoms. The van der Waals surface area contributed by atoms with Crippen LogP contribution in [0.15, 0.2) is 41.2 Å². The molecule has 7 heteroatoms. The minimum atomic E-state index is 0.638. The van der Waals surface area contributed by atoms with E-state index in [0.717, 1.165) is 47.3 Å². The SMILES string of the molecule is C=Nc1c(NSC)csc1C(=C)N(Cc1ccccc1C#N)CN1CCCCC1. The molecule has 0 unspecified atom stereocenters. The molecule has 29 heavy (non-hydrogen) atoms. The molecule has 1 saturated heterocycles. The molecule has 1 aromatic carbocycles. The van der Waals surface area contributed by atoms with E-state index in [9.17, 15) is 5.26 Å². The third-order valence-electron chi connectivity index (χ3n) is 5.10. The van der Waals surface area contributed by atoms with Crippen molar-refractivity contribution in [3.63, 3.8) is 0 Å². The van der Waals surface area contributed by atoms with Gasteiger partial charge in [-0.05, 0) is 44.3 Å². The number of thiophene rings is 1. The maximum Gasteiger partial charge on any atom is 0.106 e. The van der Waals surface area contributed by atoms with E-state index in [2.05, 4.69) is 44.3 Å². The van der Waals surface area contributed by atoms with Gasteiger partial charge in [-0.15, -0.1) is 11.3 Å². The number of rotatable bonds is 9. The second kappa shape index (κ2) is 10.5. The first-order valence-electron chi connectivity index (χ1n) is 9.69. The average molecular weight is 426 g/mol. The number of likely N-dealkylation sites (tertiary alicyclic amines) is 1. The van der Waals surface area contributed by atoms with Crippen molar-refractivity contribution in [1.29, 1.82) is 5.26 Å². The zero-order valence-corrected chi connectivity index (χ0v) is 18.5. The summed E-state index contributed by atoms with van der Waals surface area (Å²) in [7, 11) is 0. The Hall–Kier alpha value is -2.27. The predicted octanol–water partition coefficient (Wildman–Crippen LogP) is 5.56. The summed E-state index contributed by atoms with van der Waals surface area (Å²) in [6.07, 6.45) is 5.75. The minimum Gasteiger partial charge on any atom is -0.353 e. The highest BCUT2D eigenvalue weighted by Crippen LogP contribution is 2.41. The lowest BCUT2D eigenvalue weighted by molar-refractivity contribution is 0.149. The predicted molar refractivity (Wildman–Crippen MR) is 127 cm³/mol. The lowest BCUT2D eigenvalue weighted by Gasteiger charge is -2.35. The molecule has 1 aliphatic rings. The van der Waals surface area contributed by atoms with Crippen LogP contribution in [0, 0.1) is 11.3 Å². The summed E-state index contributed by atoms with van der Waals surface area (Å²) in [5, 5.41) is 11.6. The Morgan fingerprint density at radius 3 is 2.79 bits per heavy atom. The molecule has 152 valence electrons. The van der Waals surface area contributed by atoms with Gasteiger partial charge in [-0.2, -0.15) is 5.26 Å². The molecule has 0 spiro atoms. The van der Waals surface area contributed by atoms with E-state index in [1.54, 1.807) is 11.3 Å². The minimum absolute atomic E-state index is 0.638. The first kappa shape index (κ1) is 21.4. The fourth-order valence-corrected chi connectivity index (χ4v) is 4.99. The van der Waals surface area contributed by atoms with Gasteiger partial charge in [0.1, 0.15) is 5.69 Å². The summed E-state index contributed by atoms with van der Waals surface area (Å²) in [5.74, 6) is 0. The van der Waals surface area contributed by atoms with Crippen LogP contribution >= 0.6 is 23.3 Å². The maximum absolute atomic E-state index is 9.52. The van der Waals surface area contributed by atoms with Gasteiger partial charge in [-0.3, -0.25) is 9.89 Å². The third kappa shape index (κ3) is 5.21. The molecule has 2 heterocycles. The largest absolute Gasteiger partial charge is 0.353 e. The lowest BCUT2D eigenvalue weighted by atomic mass is 10.1. The Balaban J connectivity index is 1.90. The number of piperidine rings is 1. The number of nitrogens with zero attached hydrogens (tertiary/aromatic N) is 4. The summed E-state index contributed by atoms with van der Waals surface area (Å²) >= 11 is 3.16. The molecule has 0 saturated carbocycles. The topological polar surface area (TPSA) is 54.7 Å². The van der Waals surface area contributed by atoms with Gasteiger partial charge in [0, 0.05) is 18.2 Å². The van der Waals surface area contributed by atoms with E-state index in [1.807, 2.05) is 30.5 Å². The van der Waals surface area contributed by atoms with E-state index in [-0.39, 0.29) is 0 Å². The summed E-state index contributed by atoms with van der Waals surface area (Å²) in [4.78, 5) is 10.0. The van der Waals surface area contributed by atoms with Crippen LogP contribution in [-0.4, -0.2) is 42.5 Å². The number of nitriles is 1. The van der Waals surface area contributed by atoms with Gasteiger partial charge in [0.15, 0.2) is 0 Å². The lowest BCUT2D eigenvalue weighted by Crippen LogP contribution is -2.39. The van der Waals surface area contributed by atoms with Gasteiger partial charge in [0.2, 0.25) is 0 Å². The van der Waals surface area contributed by atoms with Crippen LogP contribution in [0.2, 0.25) is 0 Å². The van der Waals surface area contributed by atoms with Crippen molar-refractivity contribution in [1.82, 2.24) is 9.80 Å². The normalized spacial score (nSPS) is 14.2. The van der Waals surface area contributed by atoms with Crippen molar-refractivity contribution in [2.45, 2.75) is 25.8 Å². The number of benzene rings is 1. The molecule has 1 fully saturated rings. The van der Waals surface area contributed by atoms with E-state index < -0.39 is 0 Å². The third-order valence-corrected chi connectivity index (χ3v) is 6.54. The number of anilines is 1. The fraction of sp³-hybridized carbons (Fsp3) is 0.364. The molecule has 5 nitrogen and oxygen atoms in total. The Morgan fingerprint density at radius 2 is 2.10 bits per heavy atom. The zero-order chi connectivity index (χ0) is 20.6. The van der Waals surface area contributed by atoms with Gasteiger partial charge in [-0.1, -0.05) is 43.1 Å². The molecule has 1 N–H and O–H groups in total. The number of aliphatic imine (C=N–C) groups is 1. The Kier molecular flexibility index (Phi) is 7.76. The quantitative estimate of drug-likeness (QED) is 0.421. The standard InChI is InChI=1S/C22H27N5S2/c1-17(22-21(24-2)20(15-29-22)25-28-3)27(16-26-11-7-4-8-12-26)14-19-10-6-5-9-18(19)13-23/h5-6,9-10,15,25H,1-2,4,7-8,11-12,14,16H2,3H3. The van der Waals surface area contributed by atoms with Gasteiger partial charge in [0.05, 0.1) is 34.6 Å². The first-order chi connectivity index (χ1) is 14.2. The monoisotopic (exact) mass is 425 g/mol. The van der Waals surface area contributed by atoms with Crippen LogP contribution < -0.4 is 4.72 Å². The van der Waals surface area contributed by atoms with Crippen molar-refractivity contribution in [2.24, 2.45) is 4.99 Å². The second-order valence-electron chi connectivity index (χ2n) is 7.03. The fourth-order valence-electron chi connectivity index (χ4n) is 3.59. The molecule has 0 aliphatic carbocycles. The zero-order valence-electron chi connectivity index (χ0n) is 16.9. The Labute approximate surface area is 181 Å². The molecule has 2 aromatic rings. The van der Waals surface area contributed by atoms with Crippen molar-refractivity contribution < 1.29 is 0 Å². The van der Waals surface area contributed by atoms with Gasteiger partial charge < -0.3 is 9.62 Å². The molecule has 0 atom stereocenters. The van der Waals surface area contributed by atoms with Crippen molar-refractivity contribution in [2.75, 3.05) is 30.7 Å². The average Bonchev–Trinajstić information content (AvgIpc) is 3.16. The molecule has 1 aliphatic heterocycles. The Morgan fingerprint density at radius 1 is 1.34 bits per heavy atom. The molecule has 0 amide bonds. The van der Waals surface area contributed by atoms with Crippen LogP contribution in [0.3, 0.4) is 0 Å². The maximum atomic E-state index is 9.52. The van der Waals surface area contributed by atoms with E-state index in [1.165, 1.54) is 31.2 Å². The number of hydrogen-bond acceptors (Lipinski definition) is 7. The molecular formula is C22H27N5S2. The summed E-state index contributed by atoms with van der Waals surface area (Å²) in [6.45, 7) is 11.8. The molecule has 0 radical (unpaired) electrons. The van der Waals surface area contributed by atoms with Gasteiger partial charge >= 0.3 is 0 Å². The van der Waals surface area contributed by atoms with Crippen LogP contribution in [-0.2, 0) is 6.54 Å². The summed E-state index contributed by atoms with van der Waals surface area (Å²) < 4.78 is 3.27. The van der Waals surface area contributed by atoms with Crippen molar-refractivity contribution >= 4 is 47.1 Å². The van der Waals surface area contributed by atoms with E-state index >= 15 is 0 Å². The second-order valence-corrected chi connectivity index (χ2v) is 8.52. The van der Waals surface area contributed by atoms with E-state index in [4.69, 9.17) is 0 Å². The molecule has 3 rings (SSSR count). The number of nitrogens with one attached hydrogen (secondary N) is 1. The molecular weight excluding hydrogens is 398 g/mol. The van der Waals surface area contributed by atoms with Crippen LogP contribution in [0.1, 0.15) is 35.3 Å². The Bertz CT molecular complexity index is 893. The van der Waals surface area contributed by atoms with Crippen LogP contribution in [0.4, 0.5) is 11.4 Å². The van der Waals surface area contributed by atoms with Gasteiger partial charge in [0.25, 0.3) is 0 Å². The van der Waals surface area contributed by atoms with Crippen LogP contribution in [0.25, 0.3) is 5.70 Å². The number of hydrogen-bond donors (Lipinski definition) is 1. The first-order valence-corrected chi connectivity index (χ1v) is 11.8. The van der Waals surface area contributed by atoms with E-state index in [0.29, 0.717) is 12.1 Å². The molecule has 1 aromatic heterocycles. The van der Waals surface area contributed by atoms with Gasteiger partial charge in [-0.25, -0.2) is 0 Å². The van der Waals surface area contributed by atoms with Crippen molar-refractivity contribution in [3.8, 4) is 6.07 Å². The summed E-state index contributed by atoms with van der Waals surface area (Å²) in [6, 6.07) is 10.1. The van der Waals surface area contributed by atoms with Crippen molar-refractivity contribution in [3.05, 3.63) is 52.2 Å². The highest BCUT2D eigenvalue weighted by Gasteiger charge is 2.22. The highest BCUT2D eigenvalue weighted by molar-refractivity contribution is 7.99. The highest BCUT2D eigenvalue weighted by atomic mass is 32.2. The summed E-state index contributed by atoms with van der Waals surface area (Å²) in [5.41, 5.74) is 4.45. The van der Waals surface area contributed by atoms with Crippen LogP contribution in [0.5, 0.6) is 0 Å².